The summed E-state index contributed by atoms with van der Waals surface area (Å²) in [6.45, 7) is 0. The molecule has 0 saturated carbocycles. The third-order valence-electron chi connectivity index (χ3n) is 13.4. The van der Waals surface area contributed by atoms with Gasteiger partial charge in [-0.1, -0.05) is 188 Å². The van der Waals surface area contributed by atoms with Gasteiger partial charge in [0.1, 0.15) is 11.2 Å². The molecule has 0 N–H and O–H groups in total. The number of hydrogen-bond acceptors (Lipinski definition) is 3. The lowest BCUT2D eigenvalue weighted by Crippen LogP contribution is -2.28. The molecule has 0 aliphatic heterocycles. The minimum Gasteiger partial charge on any atom is -0.455 e. The van der Waals surface area contributed by atoms with E-state index in [4.69, 9.17) is 4.42 Å². The Bertz CT molecular complexity index is 3660. The number of nitrogens with zero attached hydrogens (tertiary/aromatic N) is 1. The van der Waals surface area contributed by atoms with E-state index >= 15 is 0 Å². The molecule has 0 amide bonds. The minimum atomic E-state index is -0.564. The van der Waals surface area contributed by atoms with Crippen LogP contribution < -0.4 is 4.90 Å². The number of hydrogen-bond donors (Lipinski definition) is 0. The van der Waals surface area contributed by atoms with Crippen LogP contribution in [0, 0.1) is 0 Å². The molecule has 0 spiro atoms. The van der Waals surface area contributed by atoms with E-state index in [2.05, 4.69) is 229 Å². The Morgan fingerprint density at radius 3 is 1.67 bits per heavy atom. The van der Waals surface area contributed by atoms with Crippen LogP contribution in [-0.2, 0) is 5.41 Å². The molecule has 0 atom stereocenters. The SMILES string of the molecule is c1ccc(-c2ccc(N(c3ccc(-c4cccc5c4oc4ccccc45)cc3)c3ccc4c(c3)C(c3ccccc3)(c3ccccc3)c3ccc5c(sc6ccccc65)c3-4)cc2)cc1. The van der Waals surface area contributed by atoms with Crippen LogP contribution in [0.2, 0.25) is 0 Å². The highest BCUT2D eigenvalue weighted by atomic mass is 32.1. The zero-order chi connectivity index (χ0) is 42.2. The van der Waals surface area contributed by atoms with Crippen LogP contribution in [0.1, 0.15) is 22.3 Å². The molecule has 1 aliphatic carbocycles. The zero-order valence-electron chi connectivity index (χ0n) is 34.8. The second-order valence-electron chi connectivity index (χ2n) is 16.8. The maximum atomic E-state index is 6.50. The molecule has 2 nitrogen and oxygen atoms in total. The van der Waals surface area contributed by atoms with Gasteiger partial charge in [0.2, 0.25) is 0 Å². The monoisotopic (exact) mass is 833 g/mol. The van der Waals surface area contributed by atoms with Gasteiger partial charge < -0.3 is 9.32 Å². The first-order chi connectivity index (χ1) is 31.7. The van der Waals surface area contributed by atoms with Crippen LogP contribution in [0.4, 0.5) is 17.1 Å². The van der Waals surface area contributed by atoms with Crippen LogP contribution in [0.25, 0.3) is 75.5 Å². The Kier molecular flexibility index (Phi) is 8.34. The van der Waals surface area contributed by atoms with Crippen molar-refractivity contribution in [2.24, 2.45) is 0 Å². The zero-order valence-corrected chi connectivity index (χ0v) is 35.6. The van der Waals surface area contributed by atoms with Gasteiger partial charge in [-0.25, -0.2) is 0 Å². The molecule has 3 heteroatoms. The first-order valence-electron chi connectivity index (χ1n) is 21.9. The van der Waals surface area contributed by atoms with E-state index < -0.39 is 5.41 Å². The van der Waals surface area contributed by atoms with Crippen LogP contribution in [0.5, 0.6) is 0 Å². The number of fused-ring (bicyclic) bond motifs is 10. The van der Waals surface area contributed by atoms with Gasteiger partial charge in [0, 0.05) is 59.1 Å². The fourth-order valence-electron chi connectivity index (χ4n) is 10.5. The molecule has 1 aliphatic rings. The lowest BCUT2D eigenvalue weighted by molar-refractivity contribution is 0.670. The molecule has 0 fully saturated rings. The predicted octanol–water partition coefficient (Wildman–Crippen LogP) is 17.1. The Morgan fingerprint density at radius 1 is 0.375 bits per heavy atom. The summed E-state index contributed by atoms with van der Waals surface area (Å²) in [7, 11) is 0. The molecule has 2 heterocycles. The van der Waals surface area contributed by atoms with Crippen molar-refractivity contribution >= 4 is 70.5 Å². The predicted molar refractivity (Wildman–Crippen MR) is 269 cm³/mol. The third kappa shape index (κ3) is 5.51. The Balaban J connectivity index is 1.04. The normalized spacial score (nSPS) is 12.8. The molecule has 0 unspecified atom stereocenters. The molecule has 12 aromatic rings. The molecular weight excluding hydrogens is 795 g/mol. The van der Waals surface area contributed by atoms with Gasteiger partial charge >= 0.3 is 0 Å². The van der Waals surface area contributed by atoms with E-state index in [1.165, 1.54) is 64.7 Å². The van der Waals surface area contributed by atoms with E-state index in [0.29, 0.717) is 0 Å². The maximum absolute atomic E-state index is 6.50. The van der Waals surface area contributed by atoms with Crippen LogP contribution in [0.15, 0.2) is 241 Å². The van der Waals surface area contributed by atoms with Crippen LogP contribution in [-0.4, -0.2) is 0 Å². The molecule has 300 valence electrons. The molecule has 10 aromatic carbocycles. The van der Waals surface area contributed by atoms with Crippen molar-refractivity contribution in [1.29, 1.82) is 0 Å². The number of furan rings is 1. The van der Waals surface area contributed by atoms with Crippen LogP contribution >= 0.6 is 11.3 Å². The number of anilines is 3. The van der Waals surface area contributed by atoms with Crippen molar-refractivity contribution in [2.45, 2.75) is 5.41 Å². The first-order valence-corrected chi connectivity index (χ1v) is 22.7. The third-order valence-corrected chi connectivity index (χ3v) is 14.6. The fourth-order valence-corrected chi connectivity index (χ4v) is 11.8. The molecule has 2 aromatic heterocycles. The summed E-state index contributed by atoms with van der Waals surface area (Å²) in [5, 5.41) is 4.88. The summed E-state index contributed by atoms with van der Waals surface area (Å²) >= 11 is 1.91. The number of benzene rings is 10. The summed E-state index contributed by atoms with van der Waals surface area (Å²) < 4.78 is 9.15. The van der Waals surface area contributed by atoms with Gasteiger partial charge in [-0.05, 0) is 93.0 Å². The summed E-state index contributed by atoms with van der Waals surface area (Å²) in [6, 6.07) is 86.5. The Hall–Kier alpha value is -7.98. The smallest absolute Gasteiger partial charge is 0.143 e. The van der Waals surface area contributed by atoms with Crippen molar-refractivity contribution in [3.63, 3.8) is 0 Å². The van der Waals surface area contributed by atoms with Gasteiger partial charge in [-0.2, -0.15) is 0 Å². The molecular formula is C61H39NOS. The topological polar surface area (TPSA) is 16.4 Å². The minimum absolute atomic E-state index is 0.564. The van der Waals surface area contributed by atoms with Crippen molar-refractivity contribution in [3.05, 3.63) is 259 Å². The van der Waals surface area contributed by atoms with Gasteiger partial charge in [-0.15, -0.1) is 11.3 Å². The summed E-state index contributed by atoms with van der Waals surface area (Å²) in [5.41, 5.74) is 16.8. The van der Waals surface area contributed by atoms with Gasteiger partial charge in [0.25, 0.3) is 0 Å². The van der Waals surface area contributed by atoms with Crippen molar-refractivity contribution in [1.82, 2.24) is 0 Å². The van der Waals surface area contributed by atoms with E-state index in [0.717, 1.165) is 50.1 Å². The maximum Gasteiger partial charge on any atom is 0.143 e. The van der Waals surface area contributed by atoms with E-state index in [-0.39, 0.29) is 0 Å². The van der Waals surface area contributed by atoms with Crippen molar-refractivity contribution < 1.29 is 4.42 Å². The second-order valence-corrected chi connectivity index (χ2v) is 17.8. The molecule has 64 heavy (non-hydrogen) atoms. The number of thiophene rings is 1. The lowest BCUT2D eigenvalue weighted by Gasteiger charge is -2.35. The van der Waals surface area contributed by atoms with E-state index in [1.54, 1.807) is 0 Å². The van der Waals surface area contributed by atoms with Gasteiger partial charge in [0.05, 0.1) is 5.41 Å². The quantitative estimate of drug-likeness (QED) is 0.159. The highest BCUT2D eigenvalue weighted by Crippen LogP contribution is 2.60. The molecule has 0 saturated heterocycles. The second kappa shape index (κ2) is 14.6. The summed E-state index contributed by atoms with van der Waals surface area (Å²) in [6.07, 6.45) is 0. The van der Waals surface area contributed by atoms with Crippen molar-refractivity contribution in [3.8, 4) is 33.4 Å². The van der Waals surface area contributed by atoms with E-state index in [9.17, 15) is 0 Å². The Morgan fingerprint density at radius 2 is 0.953 bits per heavy atom. The largest absolute Gasteiger partial charge is 0.455 e. The number of para-hydroxylation sites is 2. The highest BCUT2D eigenvalue weighted by molar-refractivity contribution is 7.26. The van der Waals surface area contributed by atoms with Crippen molar-refractivity contribution in [2.75, 3.05) is 4.90 Å². The number of rotatable bonds is 7. The average Bonchev–Trinajstić information content (AvgIpc) is 4.04. The average molecular weight is 834 g/mol. The molecule has 13 rings (SSSR count). The lowest BCUT2D eigenvalue weighted by atomic mass is 9.67. The van der Waals surface area contributed by atoms with Gasteiger partial charge in [-0.3, -0.25) is 0 Å². The summed E-state index contributed by atoms with van der Waals surface area (Å²) in [5.74, 6) is 0. The standard InChI is InChI=1S/C61H39NOS/c1-4-15-40(16-5-1)41-27-31-45(32-28-41)62(46-33-29-42(30-34-46)48-23-14-24-51-49-21-10-12-25-56(49)63-59(48)51)47-35-36-53-55(39-47)61(43-17-6-2-7-18-43,44-19-8-3-9-20-44)54-38-37-52-50-22-11-13-26-57(50)64-60(52)58(53)54/h1-39H. The van der Waals surface area contributed by atoms with Crippen LogP contribution in [0.3, 0.4) is 0 Å². The Labute approximate surface area is 375 Å². The van der Waals surface area contributed by atoms with E-state index in [1.807, 2.05) is 23.5 Å². The first kappa shape index (κ1) is 36.7. The summed E-state index contributed by atoms with van der Waals surface area (Å²) in [4.78, 5) is 2.42. The molecule has 0 radical (unpaired) electrons. The van der Waals surface area contributed by atoms with Gasteiger partial charge in [0.15, 0.2) is 0 Å². The molecule has 0 bridgehead atoms. The highest BCUT2D eigenvalue weighted by Gasteiger charge is 2.47. The fraction of sp³-hybridized carbons (Fsp3) is 0.0164.